The molecule has 3 aromatic rings. The van der Waals surface area contributed by atoms with Crippen molar-refractivity contribution >= 4 is 11.5 Å². The van der Waals surface area contributed by atoms with E-state index in [1.165, 1.54) is 30.4 Å². The molecule has 1 saturated heterocycles. The number of allylic oxidation sites excluding steroid dienone is 2. The molecule has 1 aliphatic heterocycles. The number of hydrogen-bond acceptors (Lipinski definition) is 3. The molecule has 0 spiro atoms. The Bertz CT molecular complexity index is 1060. The third kappa shape index (κ3) is 7.02. The second-order valence-corrected chi connectivity index (χ2v) is 9.51. The number of nitrogens with one attached hydrogen (secondary N) is 1. The molecule has 0 unspecified atom stereocenters. The minimum atomic E-state index is -0.0657. The van der Waals surface area contributed by atoms with Crippen LogP contribution in [-0.2, 0) is 4.79 Å². The van der Waals surface area contributed by atoms with E-state index >= 15 is 0 Å². The number of nitrogens with zero attached hydrogens (tertiary/aromatic N) is 2. The van der Waals surface area contributed by atoms with Crippen LogP contribution >= 0.6 is 0 Å². The molecule has 186 valence electrons. The van der Waals surface area contributed by atoms with Crippen LogP contribution in [0.2, 0.25) is 0 Å². The average Bonchev–Trinajstić information content (AvgIpc) is 2.94. The number of unbranched alkanes of at least 4 members (excludes halogenated alkanes) is 1. The molecule has 0 bridgehead atoms. The third-order valence-electron chi connectivity index (χ3n) is 7.07. The van der Waals surface area contributed by atoms with E-state index < -0.39 is 0 Å². The van der Waals surface area contributed by atoms with E-state index in [2.05, 4.69) is 82.4 Å². The summed E-state index contributed by atoms with van der Waals surface area (Å²) in [5, 5.41) is 3.07. The van der Waals surface area contributed by atoms with E-state index in [-0.39, 0.29) is 5.91 Å². The Morgan fingerprint density at radius 2 is 1.64 bits per heavy atom. The van der Waals surface area contributed by atoms with E-state index in [1.807, 2.05) is 12.1 Å². The lowest BCUT2D eigenvalue weighted by atomic mass is 9.88. The summed E-state index contributed by atoms with van der Waals surface area (Å²) < 4.78 is 0. The highest BCUT2D eigenvalue weighted by Crippen LogP contribution is 2.33. The number of likely N-dealkylation sites (tertiary alicyclic amines) is 1. The average molecular weight is 480 g/mol. The van der Waals surface area contributed by atoms with Gasteiger partial charge in [-0.25, -0.2) is 0 Å². The molecule has 4 rings (SSSR count). The third-order valence-corrected chi connectivity index (χ3v) is 7.07. The molecule has 1 amide bonds. The van der Waals surface area contributed by atoms with E-state index in [0.717, 1.165) is 37.4 Å². The van der Waals surface area contributed by atoms with E-state index in [4.69, 9.17) is 0 Å². The molecule has 36 heavy (non-hydrogen) atoms. The van der Waals surface area contributed by atoms with E-state index in [9.17, 15) is 4.79 Å². The van der Waals surface area contributed by atoms with Gasteiger partial charge in [-0.05, 0) is 61.5 Å². The van der Waals surface area contributed by atoms with Crippen LogP contribution in [0.4, 0.5) is 0 Å². The van der Waals surface area contributed by atoms with Crippen molar-refractivity contribution in [2.75, 3.05) is 19.6 Å². The van der Waals surface area contributed by atoms with E-state index in [0.29, 0.717) is 18.2 Å². The van der Waals surface area contributed by atoms with Crippen molar-refractivity contribution in [2.45, 2.75) is 38.1 Å². The second kappa shape index (κ2) is 13.6. The second-order valence-electron chi connectivity index (χ2n) is 9.51. The molecule has 1 aromatic heterocycles. The Labute approximate surface area is 215 Å². The number of benzene rings is 2. The zero-order chi connectivity index (χ0) is 25.0. The molecule has 0 saturated carbocycles. The van der Waals surface area contributed by atoms with Gasteiger partial charge < -0.3 is 5.32 Å². The maximum absolute atomic E-state index is 12.7. The van der Waals surface area contributed by atoms with Crippen molar-refractivity contribution < 1.29 is 4.79 Å². The van der Waals surface area contributed by atoms with Gasteiger partial charge in [0.05, 0.1) is 6.04 Å². The molecule has 0 aliphatic carbocycles. The van der Waals surface area contributed by atoms with Crippen molar-refractivity contribution in [3.05, 3.63) is 121 Å². The monoisotopic (exact) mass is 479 g/mol. The van der Waals surface area contributed by atoms with Gasteiger partial charge in [0.15, 0.2) is 0 Å². The molecule has 1 N–H and O–H groups in total. The summed E-state index contributed by atoms with van der Waals surface area (Å²) in [7, 11) is 0. The lowest BCUT2D eigenvalue weighted by Crippen LogP contribution is -2.37. The van der Waals surface area contributed by atoms with Crippen molar-refractivity contribution in [1.29, 1.82) is 0 Å². The lowest BCUT2D eigenvalue weighted by molar-refractivity contribution is -0.115. The SMILES string of the molecule is C=CC=C(C(=O)NCCCCC1CCN(C(c2ccccc2)c2ccccc2)CC1)c1cccnc1. The summed E-state index contributed by atoms with van der Waals surface area (Å²) in [6.07, 6.45) is 12.6. The fourth-order valence-corrected chi connectivity index (χ4v) is 5.18. The predicted octanol–water partition coefficient (Wildman–Crippen LogP) is 6.44. The van der Waals surface area contributed by atoms with Gasteiger partial charge in [0.2, 0.25) is 0 Å². The summed E-state index contributed by atoms with van der Waals surface area (Å²) >= 11 is 0. The fraction of sp³-hybridized carbons (Fsp3) is 0.312. The molecule has 0 radical (unpaired) electrons. The Morgan fingerprint density at radius 1 is 0.972 bits per heavy atom. The first kappa shape index (κ1) is 25.6. The van der Waals surface area contributed by atoms with Crippen molar-refractivity contribution in [2.24, 2.45) is 5.92 Å². The summed E-state index contributed by atoms with van der Waals surface area (Å²) in [5.74, 6) is 0.694. The number of carbonyl (C=O) groups excluding carboxylic acids is 1. The smallest absolute Gasteiger partial charge is 0.251 e. The normalized spacial score (nSPS) is 15.1. The molecular formula is C32H37N3O. The number of rotatable bonds is 11. The maximum Gasteiger partial charge on any atom is 0.251 e. The number of carbonyl (C=O) groups is 1. The molecule has 4 nitrogen and oxygen atoms in total. The lowest BCUT2D eigenvalue weighted by Gasteiger charge is -2.38. The van der Waals surface area contributed by atoms with Crippen LogP contribution in [0.1, 0.15) is 54.8 Å². The van der Waals surface area contributed by atoms with Gasteiger partial charge in [0.1, 0.15) is 0 Å². The quantitative estimate of drug-likeness (QED) is 0.196. The highest BCUT2D eigenvalue weighted by Gasteiger charge is 2.27. The number of amides is 1. The molecule has 4 heteroatoms. The van der Waals surface area contributed by atoms with Gasteiger partial charge in [-0.2, -0.15) is 0 Å². The zero-order valence-corrected chi connectivity index (χ0v) is 21.1. The van der Waals surface area contributed by atoms with E-state index in [1.54, 1.807) is 24.5 Å². The van der Waals surface area contributed by atoms with Crippen LogP contribution in [0.3, 0.4) is 0 Å². The van der Waals surface area contributed by atoms with Crippen LogP contribution in [0.25, 0.3) is 5.57 Å². The Morgan fingerprint density at radius 3 is 2.22 bits per heavy atom. The number of piperidine rings is 1. The molecule has 1 fully saturated rings. The minimum Gasteiger partial charge on any atom is -0.352 e. The van der Waals surface area contributed by atoms with Gasteiger partial charge in [0.25, 0.3) is 5.91 Å². The zero-order valence-electron chi connectivity index (χ0n) is 21.1. The topological polar surface area (TPSA) is 45.2 Å². The first-order valence-corrected chi connectivity index (χ1v) is 13.1. The number of hydrogen-bond donors (Lipinski definition) is 1. The molecule has 0 atom stereocenters. The van der Waals surface area contributed by atoms with Crippen molar-refractivity contribution in [3.63, 3.8) is 0 Å². The summed E-state index contributed by atoms with van der Waals surface area (Å²) in [6.45, 7) is 6.67. The molecule has 2 aromatic carbocycles. The molecule has 1 aliphatic rings. The minimum absolute atomic E-state index is 0.0657. The van der Waals surface area contributed by atoms with Crippen LogP contribution in [-0.4, -0.2) is 35.4 Å². The summed E-state index contributed by atoms with van der Waals surface area (Å²) in [6, 6.07) is 25.8. The summed E-state index contributed by atoms with van der Waals surface area (Å²) in [5.41, 5.74) is 4.16. The van der Waals surface area contributed by atoms with Crippen LogP contribution in [0.15, 0.2) is 104 Å². The van der Waals surface area contributed by atoms with Gasteiger partial charge in [-0.1, -0.05) is 92.2 Å². The van der Waals surface area contributed by atoms with Gasteiger partial charge in [0, 0.05) is 30.1 Å². The number of aromatic nitrogens is 1. The van der Waals surface area contributed by atoms with Crippen LogP contribution in [0, 0.1) is 5.92 Å². The molecule has 2 heterocycles. The highest BCUT2D eigenvalue weighted by molar-refractivity contribution is 6.19. The maximum atomic E-state index is 12.7. The van der Waals surface area contributed by atoms with Crippen molar-refractivity contribution in [3.8, 4) is 0 Å². The highest BCUT2D eigenvalue weighted by atomic mass is 16.1. The Hall–Kier alpha value is -3.50. The Balaban J connectivity index is 1.22. The predicted molar refractivity (Wildman–Crippen MR) is 148 cm³/mol. The first-order valence-electron chi connectivity index (χ1n) is 13.1. The standard InChI is InChI=1S/C32H37N3O/c1-2-12-30(29-18-11-21-33-25-29)32(36)34-22-10-9-13-26-19-23-35(24-20-26)31(27-14-5-3-6-15-27)28-16-7-4-8-17-28/h2-8,11-12,14-18,21,25-26,31H,1,9-10,13,19-20,22-24H2,(H,34,36). The van der Waals surface area contributed by atoms with Crippen LogP contribution in [0.5, 0.6) is 0 Å². The largest absolute Gasteiger partial charge is 0.352 e. The van der Waals surface area contributed by atoms with Gasteiger partial charge >= 0.3 is 0 Å². The number of pyridine rings is 1. The van der Waals surface area contributed by atoms with Crippen LogP contribution < -0.4 is 5.32 Å². The van der Waals surface area contributed by atoms with Gasteiger partial charge in [-0.15, -0.1) is 0 Å². The fourth-order valence-electron chi connectivity index (χ4n) is 5.18. The Kier molecular flexibility index (Phi) is 9.63. The van der Waals surface area contributed by atoms with Gasteiger partial charge in [-0.3, -0.25) is 14.7 Å². The summed E-state index contributed by atoms with van der Waals surface area (Å²) in [4.78, 5) is 19.4. The van der Waals surface area contributed by atoms with Crippen molar-refractivity contribution in [1.82, 2.24) is 15.2 Å². The first-order chi connectivity index (χ1) is 17.8. The molecular weight excluding hydrogens is 442 g/mol.